The molecule has 0 saturated carbocycles. The summed E-state index contributed by atoms with van der Waals surface area (Å²) in [4.78, 5) is 81.0. The second-order valence-corrected chi connectivity index (χ2v) is 20.4. The number of nitrogens with one attached hydrogen (secondary N) is 3. The maximum absolute atomic E-state index is 14.7. The molecule has 1 fully saturated rings. The van der Waals surface area contributed by atoms with Crippen molar-refractivity contribution >= 4 is 62.5 Å². The first-order chi connectivity index (χ1) is 30.6. The number of piperidine rings is 1. The van der Waals surface area contributed by atoms with Crippen molar-refractivity contribution in [1.82, 2.24) is 35.7 Å². The van der Waals surface area contributed by atoms with E-state index in [2.05, 4.69) is 25.8 Å². The van der Waals surface area contributed by atoms with Crippen LogP contribution in [-0.2, 0) is 30.3 Å². The predicted octanol–water partition coefficient (Wildman–Crippen LogP) is 7.87. The number of benzene rings is 1. The minimum absolute atomic E-state index is 0.0651. The topological polar surface area (TPSA) is 163 Å². The maximum atomic E-state index is 14.7. The molecule has 64 heavy (non-hydrogen) atoms. The van der Waals surface area contributed by atoms with Crippen LogP contribution in [0.15, 0.2) is 59.1 Å². The Morgan fingerprint density at radius 1 is 1.02 bits per heavy atom. The molecule has 4 rings (SSSR count). The zero-order valence-electron chi connectivity index (χ0n) is 38.6. The zero-order chi connectivity index (χ0) is 46.8. The number of hydrogen-bond acceptors (Lipinski definition) is 12. The van der Waals surface area contributed by atoms with Crippen molar-refractivity contribution in [3.05, 3.63) is 76.1 Å². The second kappa shape index (κ2) is 26.8. The molecule has 352 valence electrons. The normalized spacial score (nSPS) is 17.1. The lowest BCUT2D eigenvalue weighted by atomic mass is 9.92. The fourth-order valence-electron chi connectivity index (χ4n) is 7.90. The summed E-state index contributed by atoms with van der Waals surface area (Å²) in [7, 11) is 5.09. The number of esters is 1. The van der Waals surface area contributed by atoms with Gasteiger partial charge in [0.2, 0.25) is 17.7 Å². The molecule has 1 saturated heterocycles. The number of nitrogens with zero attached hydrogens (tertiary/aromatic N) is 4. The number of hydrogen-bond donors (Lipinski definition) is 3. The van der Waals surface area contributed by atoms with Crippen molar-refractivity contribution in [2.45, 2.75) is 135 Å². The Morgan fingerprint density at radius 2 is 1.77 bits per heavy atom. The molecule has 0 bridgehead atoms. The molecule has 13 nitrogen and oxygen atoms in total. The van der Waals surface area contributed by atoms with Crippen LogP contribution in [0.3, 0.4) is 0 Å². The van der Waals surface area contributed by atoms with Gasteiger partial charge in [0.05, 0.1) is 6.04 Å². The smallest absolute Gasteiger partial charge is 0.303 e. The number of pyridine rings is 1. The number of likely N-dealkylation sites (N-methyl/N-ethyl adjacent to an activating group) is 1. The number of rotatable bonds is 25. The van der Waals surface area contributed by atoms with Gasteiger partial charge in [0, 0.05) is 61.8 Å². The Morgan fingerprint density at radius 3 is 2.41 bits per heavy atom. The monoisotopic (exact) mass is 941 g/mol. The third-order valence-corrected chi connectivity index (χ3v) is 14.8. The van der Waals surface area contributed by atoms with Gasteiger partial charge in [-0.2, -0.15) is 0 Å². The van der Waals surface area contributed by atoms with E-state index in [1.54, 1.807) is 45.3 Å². The summed E-state index contributed by atoms with van der Waals surface area (Å²) < 4.78 is 19.7. The largest absolute Gasteiger partial charge is 0.455 e. The van der Waals surface area contributed by atoms with Gasteiger partial charge in [0.25, 0.3) is 5.91 Å². The summed E-state index contributed by atoms with van der Waals surface area (Å²) in [6.07, 6.45) is 5.86. The highest BCUT2D eigenvalue weighted by Gasteiger charge is 2.38. The van der Waals surface area contributed by atoms with Crippen LogP contribution in [0.2, 0.25) is 0 Å². The summed E-state index contributed by atoms with van der Waals surface area (Å²) in [6, 6.07) is 9.84. The van der Waals surface area contributed by atoms with E-state index in [1.165, 1.54) is 30.4 Å². The second-order valence-electron chi connectivity index (χ2n) is 17.1. The van der Waals surface area contributed by atoms with E-state index in [4.69, 9.17) is 9.72 Å². The summed E-state index contributed by atoms with van der Waals surface area (Å²) in [5, 5.41) is 12.1. The molecule has 1 aliphatic heterocycles. The van der Waals surface area contributed by atoms with E-state index in [-0.39, 0.29) is 53.5 Å². The third-order valence-electron chi connectivity index (χ3n) is 11.6. The van der Waals surface area contributed by atoms with Crippen LogP contribution in [0.1, 0.15) is 121 Å². The minimum atomic E-state index is -0.865. The minimum Gasteiger partial charge on any atom is -0.455 e. The number of thiazole rings is 1. The van der Waals surface area contributed by atoms with E-state index < -0.39 is 42.0 Å². The fourth-order valence-corrected chi connectivity index (χ4v) is 10.5. The predicted molar refractivity (Wildman–Crippen MR) is 254 cm³/mol. The molecule has 0 radical (unpaired) electrons. The Balaban J connectivity index is 1.49. The lowest BCUT2D eigenvalue weighted by Crippen LogP contribution is -2.58. The highest BCUT2D eigenvalue weighted by molar-refractivity contribution is 8.76. The summed E-state index contributed by atoms with van der Waals surface area (Å²) in [5.41, 5.74) is 0.911. The van der Waals surface area contributed by atoms with Crippen molar-refractivity contribution in [3.8, 4) is 0 Å². The van der Waals surface area contributed by atoms with Gasteiger partial charge >= 0.3 is 5.97 Å². The molecule has 4 amide bonds. The zero-order valence-corrected chi connectivity index (χ0v) is 41.1. The van der Waals surface area contributed by atoms with E-state index in [0.29, 0.717) is 49.5 Å². The first-order valence-electron chi connectivity index (χ1n) is 22.6. The molecular formula is C47H68FN7O6S3. The van der Waals surface area contributed by atoms with Gasteiger partial charge in [-0.1, -0.05) is 83.4 Å². The summed E-state index contributed by atoms with van der Waals surface area (Å²) in [5.74, 6) is -1.79. The van der Waals surface area contributed by atoms with E-state index >= 15 is 0 Å². The molecule has 0 spiro atoms. The van der Waals surface area contributed by atoms with Crippen LogP contribution in [0.4, 0.5) is 4.39 Å². The van der Waals surface area contributed by atoms with Gasteiger partial charge in [0.15, 0.2) is 6.10 Å². The number of aromatic nitrogens is 2. The lowest BCUT2D eigenvalue weighted by molar-refractivity contribution is -0.149. The molecule has 0 unspecified atom stereocenters. The Bertz CT molecular complexity index is 1940. The van der Waals surface area contributed by atoms with Gasteiger partial charge in [-0.3, -0.25) is 28.9 Å². The van der Waals surface area contributed by atoms with Crippen LogP contribution in [-0.4, -0.2) is 106 Å². The van der Waals surface area contributed by atoms with Gasteiger partial charge in [0.1, 0.15) is 27.6 Å². The average molecular weight is 942 g/mol. The van der Waals surface area contributed by atoms with E-state index in [0.717, 1.165) is 36.4 Å². The van der Waals surface area contributed by atoms with Gasteiger partial charge < -0.3 is 25.6 Å². The molecular weight excluding hydrogens is 874 g/mol. The molecule has 2 aromatic heterocycles. The van der Waals surface area contributed by atoms with Crippen molar-refractivity contribution in [1.29, 1.82) is 0 Å². The van der Waals surface area contributed by atoms with Crippen molar-refractivity contribution in [3.63, 3.8) is 0 Å². The number of ether oxygens (including phenoxy) is 1. The molecule has 3 N–H and O–H groups in total. The van der Waals surface area contributed by atoms with Crippen LogP contribution in [0.25, 0.3) is 0 Å². The quantitative estimate of drug-likeness (QED) is 0.0431. The molecule has 7 atom stereocenters. The fraction of sp³-hybridized carbons (Fsp3) is 0.596. The maximum Gasteiger partial charge on any atom is 0.303 e. The molecule has 3 heterocycles. The van der Waals surface area contributed by atoms with E-state index in [9.17, 15) is 28.4 Å². The highest BCUT2D eigenvalue weighted by Crippen LogP contribution is 2.32. The first kappa shape index (κ1) is 52.6. The third kappa shape index (κ3) is 16.4. The van der Waals surface area contributed by atoms with Crippen LogP contribution >= 0.6 is 32.9 Å². The number of carbonyl (C=O) groups excluding carboxylic acids is 5. The molecule has 17 heteroatoms. The van der Waals surface area contributed by atoms with Crippen LogP contribution < -0.4 is 16.0 Å². The van der Waals surface area contributed by atoms with Crippen molar-refractivity contribution < 1.29 is 33.1 Å². The van der Waals surface area contributed by atoms with Gasteiger partial charge in [-0.05, 0) is 98.2 Å². The Labute approximate surface area is 391 Å². The van der Waals surface area contributed by atoms with Crippen molar-refractivity contribution in [2.24, 2.45) is 17.8 Å². The summed E-state index contributed by atoms with van der Waals surface area (Å²) >= 11 is 1.19. The number of amides is 4. The Kier molecular flexibility index (Phi) is 22.0. The van der Waals surface area contributed by atoms with Crippen LogP contribution in [0.5, 0.6) is 0 Å². The first-order valence-corrected chi connectivity index (χ1v) is 25.8. The number of likely N-dealkylation sites (tertiary alicyclic amines) is 1. The molecule has 1 aromatic carbocycles. The van der Waals surface area contributed by atoms with E-state index in [1.807, 2.05) is 71.7 Å². The highest BCUT2D eigenvalue weighted by atomic mass is 33.1. The molecule has 1 aliphatic rings. The SMILES string of the molecule is CCCN(C(=O)[C@@H](NC(=O)[C@H]1CCCCN1C)[C@@H](C)CC)[C@H](C[C@@H](OC(C)=O)c1nc(C(=O)N[C@@H](Cc2ccc(F)cc2)C[C@H](C)C(=O)NCCSSc2ccccn2)cs1)C(C)C. The molecule has 3 aromatic rings. The lowest BCUT2D eigenvalue weighted by Gasteiger charge is -2.40. The van der Waals surface area contributed by atoms with Gasteiger partial charge in [-0.25, -0.2) is 14.4 Å². The van der Waals surface area contributed by atoms with Crippen molar-refractivity contribution in [2.75, 3.05) is 32.4 Å². The molecule has 0 aliphatic carbocycles. The van der Waals surface area contributed by atoms with Gasteiger partial charge in [-0.15, -0.1) is 11.3 Å². The standard InChI is InChI=1S/C47H68FN7O6S3/c1-9-23-55(47(60)42(31(5)10-2)53-45(59)38-15-12-14-24-54(38)8)39(30(3)4)28-40(61-33(7)56)46-52-37(29-62-46)44(58)51-36(27-34-17-19-35(48)20-18-34)26-32(6)43(57)50-22-25-63-64-41-16-11-13-21-49-41/h11,13,16-21,29-32,36,38-40,42H,9-10,12,14-15,22-28H2,1-8H3,(H,50,57)(H,51,58)(H,53,59)/t31-,32-,36+,38+,39+,40+,42-/m0/s1. The number of carbonyl (C=O) groups is 5. The number of halogens is 1. The Hall–Kier alpha value is -4.06. The average Bonchev–Trinajstić information content (AvgIpc) is 3.77. The van der Waals surface area contributed by atoms with Crippen LogP contribution in [0, 0.1) is 23.6 Å². The summed E-state index contributed by atoms with van der Waals surface area (Å²) in [6.45, 7) is 14.9.